The normalized spacial score (nSPS) is 23.7. The summed E-state index contributed by atoms with van der Waals surface area (Å²) in [7, 11) is 0. The zero-order chi connectivity index (χ0) is 21.5. The van der Waals surface area contributed by atoms with Gasteiger partial charge >= 0.3 is 0 Å². The summed E-state index contributed by atoms with van der Waals surface area (Å²) in [5.41, 5.74) is 5.46. The summed E-state index contributed by atoms with van der Waals surface area (Å²) in [6, 6.07) is 9.92. The number of aliphatic imine (C=N–C) groups is 1. The molecule has 0 radical (unpaired) electrons. The van der Waals surface area contributed by atoms with E-state index in [2.05, 4.69) is 24.5 Å². The fraction of sp³-hybridized carbons (Fsp3) is 0.370. The lowest BCUT2D eigenvalue weighted by molar-refractivity contribution is 0.0801. The van der Waals surface area contributed by atoms with Crippen molar-refractivity contribution in [1.82, 2.24) is 4.57 Å². The van der Waals surface area contributed by atoms with E-state index in [9.17, 15) is 9.59 Å². The maximum Gasteiger partial charge on any atom is 0.171 e. The second kappa shape index (κ2) is 7.92. The molecule has 3 aliphatic rings. The first-order chi connectivity index (χ1) is 15.0. The molecular formula is C27H28N2O2. The van der Waals surface area contributed by atoms with Crippen molar-refractivity contribution in [2.45, 2.75) is 52.0 Å². The quantitative estimate of drug-likeness (QED) is 0.599. The summed E-state index contributed by atoms with van der Waals surface area (Å²) in [6.45, 7) is 4.34. The Hall–Kier alpha value is -3.01. The Morgan fingerprint density at radius 2 is 1.65 bits per heavy atom. The van der Waals surface area contributed by atoms with Gasteiger partial charge in [-0.05, 0) is 44.9 Å². The van der Waals surface area contributed by atoms with E-state index in [0.29, 0.717) is 17.2 Å². The van der Waals surface area contributed by atoms with Crippen LogP contribution in [0.1, 0.15) is 75.8 Å². The highest BCUT2D eigenvalue weighted by Crippen LogP contribution is 2.36. The van der Waals surface area contributed by atoms with Gasteiger partial charge in [0.1, 0.15) is 0 Å². The molecule has 0 saturated heterocycles. The lowest BCUT2D eigenvalue weighted by Crippen LogP contribution is -2.35. The molecular weight excluding hydrogens is 384 g/mol. The third-order valence-electron chi connectivity index (χ3n) is 7.09. The molecule has 158 valence electrons. The summed E-state index contributed by atoms with van der Waals surface area (Å²) in [6.07, 6.45) is 13.9. The minimum Gasteiger partial charge on any atom is -0.345 e. The van der Waals surface area contributed by atoms with Gasteiger partial charge in [0, 0.05) is 40.3 Å². The molecule has 5 rings (SSSR count). The average molecular weight is 413 g/mol. The molecule has 0 spiro atoms. The maximum atomic E-state index is 13.0. The van der Waals surface area contributed by atoms with E-state index in [-0.39, 0.29) is 11.6 Å². The molecule has 3 aliphatic carbocycles. The Balaban J connectivity index is 1.41. The van der Waals surface area contributed by atoms with Crippen LogP contribution in [0.15, 0.2) is 59.2 Å². The molecule has 2 atom stereocenters. The third-order valence-corrected chi connectivity index (χ3v) is 7.09. The van der Waals surface area contributed by atoms with Crippen molar-refractivity contribution < 1.29 is 9.59 Å². The first-order valence-electron chi connectivity index (χ1n) is 11.3. The number of ketones is 2. The van der Waals surface area contributed by atoms with Gasteiger partial charge in [-0.1, -0.05) is 49.6 Å². The zero-order valence-corrected chi connectivity index (χ0v) is 18.2. The van der Waals surface area contributed by atoms with E-state index in [0.717, 1.165) is 11.3 Å². The number of rotatable bonds is 3. The molecule has 0 bridgehead atoms. The van der Waals surface area contributed by atoms with E-state index < -0.39 is 11.8 Å². The number of hydrogen-bond donors (Lipinski definition) is 0. The van der Waals surface area contributed by atoms with Crippen molar-refractivity contribution in [3.05, 3.63) is 82.3 Å². The molecule has 1 aromatic heterocycles. The number of aromatic nitrogens is 1. The molecule has 0 amide bonds. The molecule has 1 saturated carbocycles. The van der Waals surface area contributed by atoms with Gasteiger partial charge in [-0.2, -0.15) is 0 Å². The highest BCUT2D eigenvalue weighted by Gasteiger charge is 2.40. The Morgan fingerprint density at radius 3 is 2.35 bits per heavy atom. The van der Waals surface area contributed by atoms with Crippen LogP contribution in [0.2, 0.25) is 0 Å². The molecule has 0 N–H and O–H groups in total. The number of allylic oxidation sites excluding steroid dienone is 3. The first kappa shape index (κ1) is 19.9. The van der Waals surface area contributed by atoms with Gasteiger partial charge in [0.25, 0.3) is 0 Å². The van der Waals surface area contributed by atoms with Crippen LogP contribution < -0.4 is 0 Å². The van der Waals surface area contributed by atoms with Gasteiger partial charge in [-0.3, -0.25) is 14.6 Å². The number of benzene rings is 1. The number of fused-ring (bicyclic) bond motifs is 2. The van der Waals surface area contributed by atoms with Crippen LogP contribution in [0.3, 0.4) is 0 Å². The Morgan fingerprint density at radius 1 is 0.968 bits per heavy atom. The Bertz CT molecular complexity index is 1140. The van der Waals surface area contributed by atoms with Crippen LogP contribution in [0.5, 0.6) is 0 Å². The molecule has 1 fully saturated rings. The van der Waals surface area contributed by atoms with Crippen molar-refractivity contribution >= 4 is 17.8 Å². The predicted octanol–water partition coefficient (Wildman–Crippen LogP) is 5.79. The highest BCUT2D eigenvalue weighted by molar-refractivity contribution is 6.17. The largest absolute Gasteiger partial charge is 0.345 e. The lowest BCUT2D eigenvalue weighted by atomic mass is 9.72. The highest BCUT2D eigenvalue weighted by atomic mass is 16.1. The van der Waals surface area contributed by atoms with Crippen LogP contribution in [0.25, 0.3) is 0 Å². The van der Waals surface area contributed by atoms with Gasteiger partial charge in [-0.25, -0.2) is 0 Å². The second-order valence-electron chi connectivity index (χ2n) is 9.02. The molecule has 4 heteroatoms. The molecule has 2 aromatic rings. The van der Waals surface area contributed by atoms with Crippen molar-refractivity contribution in [2.75, 3.05) is 0 Å². The van der Waals surface area contributed by atoms with Crippen LogP contribution in [0, 0.1) is 25.7 Å². The predicted molar refractivity (Wildman–Crippen MR) is 123 cm³/mol. The van der Waals surface area contributed by atoms with Crippen LogP contribution in [-0.4, -0.2) is 22.3 Å². The molecule has 1 heterocycles. The van der Waals surface area contributed by atoms with Crippen molar-refractivity contribution in [2.24, 2.45) is 16.8 Å². The summed E-state index contributed by atoms with van der Waals surface area (Å²) in [5, 5.41) is 0. The summed E-state index contributed by atoms with van der Waals surface area (Å²) >= 11 is 0. The lowest BCUT2D eigenvalue weighted by Gasteiger charge is -2.29. The summed E-state index contributed by atoms with van der Waals surface area (Å²) in [4.78, 5) is 30.5. The monoisotopic (exact) mass is 412 g/mol. The number of Topliss-reactive ketones (excluding diaryl/α,β-unsaturated/α-hetero) is 2. The standard InChI is InChI=1S/C27H28N2O2/c1-17-14-19(18(2)29(17)21-8-4-3-5-9-21)16-28-20-12-13-24-25(15-20)27(31)23-11-7-6-10-22(23)26(24)30/h6-7,10-16,21,24-25H,3-5,8-9H2,1-2H3/t24-,25-/m1/s1. The molecule has 31 heavy (non-hydrogen) atoms. The summed E-state index contributed by atoms with van der Waals surface area (Å²) in [5.74, 6) is -0.855. The van der Waals surface area contributed by atoms with Crippen molar-refractivity contribution in [3.63, 3.8) is 0 Å². The first-order valence-corrected chi connectivity index (χ1v) is 11.3. The number of aryl methyl sites for hydroxylation is 1. The summed E-state index contributed by atoms with van der Waals surface area (Å²) < 4.78 is 2.47. The van der Waals surface area contributed by atoms with Gasteiger partial charge in [0.15, 0.2) is 11.6 Å². The SMILES string of the molecule is Cc1cc(C=NC2=C[C@H]3C(=O)c4ccccc4C(=O)[C@@H]3C=C2)c(C)n1C1CCCCC1. The maximum absolute atomic E-state index is 13.0. The van der Waals surface area contributed by atoms with E-state index in [1.54, 1.807) is 12.1 Å². The third kappa shape index (κ3) is 3.44. The fourth-order valence-electron chi connectivity index (χ4n) is 5.49. The van der Waals surface area contributed by atoms with Gasteiger partial charge in [0.05, 0.1) is 17.5 Å². The number of carbonyl (C=O) groups excluding carboxylic acids is 2. The van der Waals surface area contributed by atoms with Crippen LogP contribution >= 0.6 is 0 Å². The van der Waals surface area contributed by atoms with E-state index >= 15 is 0 Å². The number of hydrogen-bond acceptors (Lipinski definition) is 3. The fourth-order valence-corrected chi connectivity index (χ4v) is 5.49. The van der Waals surface area contributed by atoms with Crippen LogP contribution in [-0.2, 0) is 0 Å². The average Bonchev–Trinajstić information content (AvgIpc) is 3.09. The Labute approximate surface area is 183 Å². The Kier molecular flexibility index (Phi) is 5.09. The van der Waals surface area contributed by atoms with Crippen LogP contribution in [0.4, 0.5) is 0 Å². The smallest absolute Gasteiger partial charge is 0.171 e. The molecule has 0 aliphatic heterocycles. The van der Waals surface area contributed by atoms with Crippen molar-refractivity contribution in [1.29, 1.82) is 0 Å². The van der Waals surface area contributed by atoms with E-state index in [4.69, 9.17) is 4.99 Å². The van der Waals surface area contributed by atoms with E-state index in [1.807, 2.05) is 36.6 Å². The molecule has 0 unspecified atom stereocenters. The van der Waals surface area contributed by atoms with Gasteiger partial charge < -0.3 is 4.57 Å². The second-order valence-corrected chi connectivity index (χ2v) is 9.02. The molecule has 1 aromatic carbocycles. The number of nitrogens with zero attached hydrogens (tertiary/aromatic N) is 2. The van der Waals surface area contributed by atoms with Gasteiger partial charge in [-0.15, -0.1) is 0 Å². The van der Waals surface area contributed by atoms with Crippen molar-refractivity contribution in [3.8, 4) is 0 Å². The van der Waals surface area contributed by atoms with E-state index in [1.165, 1.54) is 43.5 Å². The minimum absolute atomic E-state index is 0.00715. The molecule has 4 nitrogen and oxygen atoms in total. The zero-order valence-electron chi connectivity index (χ0n) is 18.2. The topological polar surface area (TPSA) is 51.4 Å². The minimum atomic E-state index is -0.464. The van der Waals surface area contributed by atoms with Gasteiger partial charge in [0.2, 0.25) is 0 Å². The number of carbonyl (C=O) groups is 2.